The van der Waals surface area contributed by atoms with Crippen molar-refractivity contribution in [1.82, 2.24) is 15.1 Å². The molecule has 0 atom stereocenters. The van der Waals surface area contributed by atoms with E-state index in [0.717, 1.165) is 0 Å². The van der Waals surface area contributed by atoms with Crippen molar-refractivity contribution in [2.75, 3.05) is 6.54 Å². The highest BCUT2D eigenvalue weighted by Crippen LogP contribution is 2.17. The Hall–Kier alpha value is -2.28. The van der Waals surface area contributed by atoms with Gasteiger partial charge in [-0.05, 0) is 17.7 Å². The van der Waals surface area contributed by atoms with E-state index in [9.17, 15) is 14.5 Å². The fourth-order valence-corrected chi connectivity index (χ4v) is 1.67. The van der Waals surface area contributed by atoms with Crippen LogP contribution in [0.3, 0.4) is 0 Å². The van der Waals surface area contributed by atoms with Crippen molar-refractivity contribution in [3.63, 3.8) is 0 Å². The zero-order valence-corrected chi connectivity index (χ0v) is 10.1. The number of hydrogen-bond donors (Lipinski definition) is 1. The van der Waals surface area contributed by atoms with E-state index in [4.69, 9.17) is 0 Å². The van der Waals surface area contributed by atoms with Crippen molar-refractivity contribution >= 4 is 5.69 Å². The number of nitro benzene ring substituents is 1. The maximum atomic E-state index is 13.3. The molecule has 7 heteroatoms. The van der Waals surface area contributed by atoms with Crippen LogP contribution in [0.2, 0.25) is 0 Å². The summed E-state index contributed by atoms with van der Waals surface area (Å²) in [4.78, 5) is 9.73. The summed E-state index contributed by atoms with van der Waals surface area (Å²) in [6.45, 7) is 1.85. The predicted molar refractivity (Wildman–Crippen MR) is 67.0 cm³/mol. The molecule has 1 aromatic heterocycles. The van der Waals surface area contributed by atoms with Crippen molar-refractivity contribution in [1.29, 1.82) is 0 Å². The zero-order valence-electron chi connectivity index (χ0n) is 10.1. The molecular weight excluding hydrogens is 251 g/mol. The molecule has 0 saturated carbocycles. The molecule has 19 heavy (non-hydrogen) atoms. The number of halogens is 1. The summed E-state index contributed by atoms with van der Waals surface area (Å²) in [6.07, 6.45) is 3.55. The maximum absolute atomic E-state index is 13.3. The Kier molecular flexibility index (Phi) is 4.19. The number of nitrogens with one attached hydrogen (secondary N) is 1. The fraction of sp³-hybridized carbons (Fsp3) is 0.250. The topological polar surface area (TPSA) is 73.0 Å². The standard InChI is InChI=1S/C12H13FN4O2/c13-11-8-10(2-3-12(11)17(18)19)9-14-5-7-16-6-1-4-15-16/h1-4,6,8,14H,5,7,9H2. The molecular formula is C12H13FN4O2. The number of nitro groups is 1. The lowest BCUT2D eigenvalue weighted by Crippen LogP contribution is -2.19. The molecule has 1 N–H and O–H groups in total. The average molecular weight is 264 g/mol. The lowest BCUT2D eigenvalue weighted by molar-refractivity contribution is -0.387. The fourth-order valence-electron chi connectivity index (χ4n) is 1.67. The van der Waals surface area contributed by atoms with Gasteiger partial charge >= 0.3 is 5.69 Å². The van der Waals surface area contributed by atoms with Gasteiger partial charge in [0.1, 0.15) is 0 Å². The van der Waals surface area contributed by atoms with Crippen LogP contribution in [0.4, 0.5) is 10.1 Å². The van der Waals surface area contributed by atoms with Crippen molar-refractivity contribution < 1.29 is 9.31 Å². The molecule has 0 spiro atoms. The highest BCUT2D eigenvalue weighted by molar-refractivity contribution is 5.34. The molecule has 100 valence electrons. The molecule has 0 aliphatic carbocycles. The van der Waals surface area contributed by atoms with Gasteiger partial charge in [0.2, 0.25) is 5.82 Å². The van der Waals surface area contributed by atoms with Gasteiger partial charge in [-0.25, -0.2) is 0 Å². The van der Waals surface area contributed by atoms with Crippen LogP contribution in [0.25, 0.3) is 0 Å². The average Bonchev–Trinajstić information content (AvgIpc) is 2.87. The number of nitrogens with zero attached hydrogens (tertiary/aromatic N) is 3. The summed E-state index contributed by atoms with van der Waals surface area (Å²) < 4.78 is 15.1. The normalized spacial score (nSPS) is 10.6. The van der Waals surface area contributed by atoms with E-state index >= 15 is 0 Å². The molecule has 6 nitrogen and oxygen atoms in total. The summed E-state index contributed by atoms with van der Waals surface area (Å²) in [5, 5.41) is 17.6. The summed E-state index contributed by atoms with van der Waals surface area (Å²) in [7, 11) is 0. The van der Waals surface area contributed by atoms with Gasteiger partial charge in [-0.1, -0.05) is 6.07 Å². The minimum Gasteiger partial charge on any atom is -0.311 e. The molecule has 2 rings (SSSR count). The van der Waals surface area contributed by atoms with Gasteiger partial charge in [0.25, 0.3) is 0 Å². The highest BCUT2D eigenvalue weighted by Gasteiger charge is 2.13. The monoisotopic (exact) mass is 264 g/mol. The molecule has 2 aromatic rings. The van der Waals surface area contributed by atoms with Gasteiger partial charge in [-0.3, -0.25) is 14.8 Å². The second kappa shape index (κ2) is 6.05. The van der Waals surface area contributed by atoms with Crippen LogP contribution in [0.15, 0.2) is 36.7 Å². The van der Waals surface area contributed by atoms with E-state index in [1.165, 1.54) is 12.1 Å². The van der Waals surface area contributed by atoms with Gasteiger partial charge in [0, 0.05) is 31.5 Å². The lowest BCUT2D eigenvalue weighted by atomic mass is 10.2. The molecule has 0 amide bonds. The number of hydrogen-bond acceptors (Lipinski definition) is 4. The van der Waals surface area contributed by atoms with Gasteiger partial charge < -0.3 is 5.32 Å². The first-order valence-corrected chi connectivity index (χ1v) is 5.78. The molecule has 0 saturated heterocycles. The largest absolute Gasteiger partial charge is 0.311 e. The van der Waals surface area contributed by atoms with Crippen LogP contribution in [0.5, 0.6) is 0 Å². The third-order valence-electron chi connectivity index (χ3n) is 2.61. The molecule has 0 bridgehead atoms. The Morgan fingerprint density at radius 1 is 1.47 bits per heavy atom. The van der Waals surface area contributed by atoms with E-state index < -0.39 is 16.4 Å². The molecule has 0 unspecified atom stereocenters. The van der Waals surface area contributed by atoms with E-state index in [-0.39, 0.29) is 0 Å². The Labute approximate surface area is 109 Å². The summed E-state index contributed by atoms with van der Waals surface area (Å²) in [5.74, 6) is -0.809. The first-order valence-electron chi connectivity index (χ1n) is 5.78. The van der Waals surface area contributed by atoms with E-state index in [0.29, 0.717) is 25.2 Å². The van der Waals surface area contributed by atoms with Gasteiger partial charge in [-0.15, -0.1) is 0 Å². The molecule has 0 radical (unpaired) electrons. The zero-order chi connectivity index (χ0) is 13.7. The first kappa shape index (κ1) is 13.2. The summed E-state index contributed by atoms with van der Waals surface area (Å²) >= 11 is 0. The van der Waals surface area contributed by atoms with Crippen LogP contribution >= 0.6 is 0 Å². The van der Waals surface area contributed by atoms with Crippen molar-refractivity contribution in [3.05, 3.63) is 58.2 Å². The lowest BCUT2D eigenvalue weighted by Gasteiger charge is -2.05. The van der Waals surface area contributed by atoms with Crippen LogP contribution in [0, 0.1) is 15.9 Å². The van der Waals surface area contributed by atoms with Crippen LogP contribution in [-0.4, -0.2) is 21.2 Å². The van der Waals surface area contributed by atoms with Crippen LogP contribution in [0.1, 0.15) is 5.56 Å². The summed E-state index contributed by atoms with van der Waals surface area (Å²) in [5.41, 5.74) is 0.170. The number of benzene rings is 1. The number of rotatable bonds is 6. The van der Waals surface area contributed by atoms with E-state index in [2.05, 4.69) is 10.4 Å². The van der Waals surface area contributed by atoms with E-state index in [1.54, 1.807) is 16.9 Å². The Morgan fingerprint density at radius 3 is 2.95 bits per heavy atom. The van der Waals surface area contributed by atoms with Crippen molar-refractivity contribution in [2.45, 2.75) is 13.1 Å². The van der Waals surface area contributed by atoms with E-state index in [1.807, 2.05) is 12.3 Å². The molecule has 1 aromatic carbocycles. The Morgan fingerprint density at radius 2 is 2.32 bits per heavy atom. The van der Waals surface area contributed by atoms with Gasteiger partial charge in [0.15, 0.2) is 0 Å². The van der Waals surface area contributed by atoms with Gasteiger partial charge in [-0.2, -0.15) is 9.49 Å². The third-order valence-corrected chi connectivity index (χ3v) is 2.61. The molecule has 0 aliphatic rings. The first-order chi connectivity index (χ1) is 9.16. The third kappa shape index (κ3) is 3.59. The van der Waals surface area contributed by atoms with Gasteiger partial charge in [0.05, 0.1) is 11.5 Å². The van der Waals surface area contributed by atoms with Crippen LogP contribution in [-0.2, 0) is 13.1 Å². The maximum Gasteiger partial charge on any atom is 0.304 e. The smallest absolute Gasteiger partial charge is 0.304 e. The Balaban J connectivity index is 1.83. The minimum absolute atomic E-state index is 0.455. The highest BCUT2D eigenvalue weighted by atomic mass is 19.1. The predicted octanol–water partition coefficient (Wildman–Crippen LogP) is 1.72. The SMILES string of the molecule is O=[N+]([O-])c1ccc(CNCCn2cccn2)cc1F. The van der Waals surface area contributed by atoms with Crippen LogP contribution < -0.4 is 5.32 Å². The number of aromatic nitrogens is 2. The molecule has 1 heterocycles. The summed E-state index contributed by atoms with van der Waals surface area (Å²) in [6, 6.07) is 5.74. The Bertz CT molecular complexity index is 557. The van der Waals surface area contributed by atoms with Crippen molar-refractivity contribution in [3.8, 4) is 0 Å². The second-order valence-electron chi connectivity index (χ2n) is 3.99. The molecule has 0 fully saturated rings. The molecule has 0 aliphatic heterocycles. The minimum atomic E-state index is -0.809. The second-order valence-corrected chi connectivity index (χ2v) is 3.99. The quantitative estimate of drug-likeness (QED) is 0.490. The van der Waals surface area contributed by atoms with Crippen molar-refractivity contribution in [2.24, 2.45) is 0 Å².